The van der Waals surface area contributed by atoms with Crippen molar-refractivity contribution in [3.63, 3.8) is 0 Å². The van der Waals surface area contributed by atoms with Crippen LogP contribution >= 0.6 is 15.9 Å². The third kappa shape index (κ3) is 4.01. The summed E-state index contributed by atoms with van der Waals surface area (Å²) in [6.07, 6.45) is 5.05. The lowest BCUT2D eigenvalue weighted by Gasteiger charge is -2.17. The van der Waals surface area contributed by atoms with Gasteiger partial charge in [-0.3, -0.25) is 0 Å². The van der Waals surface area contributed by atoms with E-state index in [1.165, 1.54) is 36.8 Å². The molecule has 0 aromatic heterocycles. The number of rotatable bonds is 5. The molecule has 0 radical (unpaired) electrons. The van der Waals surface area contributed by atoms with Crippen LogP contribution in [0.4, 0.5) is 5.69 Å². The summed E-state index contributed by atoms with van der Waals surface area (Å²) in [6, 6.07) is 14.7. The van der Waals surface area contributed by atoms with E-state index in [-0.39, 0.29) is 0 Å². The third-order valence-corrected chi connectivity index (χ3v) is 4.34. The van der Waals surface area contributed by atoms with Gasteiger partial charge in [-0.15, -0.1) is 0 Å². The van der Waals surface area contributed by atoms with Crippen molar-refractivity contribution in [1.82, 2.24) is 0 Å². The van der Waals surface area contributed by atoms with Gasteiger partial charge in [0.15, 0.2) is 0 Å². The highest BCUT2D eigenvalue weighted by molar-refractivity contribution is 9.10. The minimum absolute atomic E-state index is 0.672. The fourth-order valence-electron chi connectivity index (χ4n) is 2.76. The van der Waals surface area contributed by atoms with Crippen molar-refractivity contribution < 1.29 is 4.74 Å². The Morgan fingerprint density at radius 3 is 2.71 bits per heavy atom. The van der Waals surface area contributed by atoms with Crippen LogP contribution in [-0.4, -0.2) is 13.2 Å². The van der Waals surface area contributed by atoms with Gasteiger partial charge >= 0.3 is 0 Å². The molecule has 3 heteroatoms. The predicted octanol–water partition coefficient (Wildman–Crippen LogP) is 4.82. The first-order chi connectivity index (χ1) is 10.3. The summed E-state index contributed by atoms with van der Waals surface area (Å²) in [4.78, 5) is 0. The fourth-order valence-corrected chi connectivity index (χ4v) is 3.16. The van der Waals surface area contributed by atoms with Crippen LogP contribution in [0, 0.1) is 0 Å². The second-order valence-electron chi connectivity index (χ2n) is 5.42. The highest BCUT2D eigenvalue weighted by Gasteiger charge is 2.09. The molecule has 0 aliphatic heterocycles. The molecule has 0 amide bonds. The van der Waals surface area contributed by atoms with Crippen molar-refractivity contribution in [3.8, 4) is 5.75 Å². The molecule has 0 saturated heterocycles. The first-order valence-electron chi connectivity index (χ1n) is 7.55. The molecule has 0 bridgehead atoms. The second kappa shape index (κ2) is 6.99. The third-order valence-electron chi connectivity index (χ3n) is 3.84. The van der Waals surface area contributed by atoms with Gasteiger partial charge in [0.1, 0.15) is 12.4 Å². The molecular formula is C18H20BrNO. The zero-order chi connectivity index (χ0) is 14.5. The van der Waals surface area contributed by atoms with Crippen LogP contribution < -0.4 is 10.1 Å². The predicted molar refractivity (Wildman–Crippen MR) is 91.2 cm³/mol. The summed E-state index contributed by atoms with van der Waals surface area (Å²) >= 11 is 3.47. The standard InChI is InChI=1S/C18H20BrNO/c19-16-6-3-7-17(13-16)20-10-11-21-18-9-8-14-4-1-2-5-15(14)12-18/h3,6-9,12-13,20H,1-2,4-5,10-11H2. The molecule has 0 fully saturated rings. The van der Waals surface area contributed by atoms with Crippen molar-refractivity contribution in [2.75, 3.05) is 18.5 Å². The van der Waals surface area contributed by atoms with Crippen LogP contribution in [0.5, 0.6) is 5.75 Å². The van der Waals surface area contributed by atoms with Crippen LogP contribution in [0.25, 0.3) is 0 Å². The average molecular weight is 346 g/mol. The van der Waals surface area contributed by atoms with E-state index in [4.69, 9.17) is 4.74 Å². The fraction of sp³-hybridized carbons (Fsp3) is 0.333. The number of ether oxygens (including phenoxy) is 1. The Hall–Kier alpha value is -1.48. The smallest absolute Gasteiger partial charge is 0.119 e. The summed E-state index contributed by atoms with van der Waals surface area (Å²) in [7, 11) is 0. The van der Waals surface area contributed by atoms with Crippen LogP contribution in [0.3, 0.4) is 0 Å². The summed E-state index contributed by atoms with van der Waals surface area (Å²) < 4.78 is 6.94. The number of anilines is 1. The molecule has 0 atom stereocenters. The molecule has 1 aliphatic rings. The van der Waals surface area contributed by atoms with Crippen molar-refractivity contribution in [3.05, 3.63) is 58.1 Å². The summed E-state index contributed by atoms with van der Waals surface area (Å²) in [6.45, 7) is 1.47. The average Bonchev–Trinajstić information content (AvgIpc) is 2.51. The Bertz CT molecular complexity index is 612. The molecule has 2 aromatic carbocycles. The monoisotopic (exact) mass is 345 g/mol. The van der Waals surface area contributed by atoms with E-state index in [1.807, 2.05) is 12.1 Å². The van der Waals surface area contributed by atoms with Crippen molar-refractivity contribution in [2.45, 2.75) is 25.7 Å². The van der Waals surface area contributed by atoms with Crippen LogP contribution in [0.15, 0.2) is 46.9 Å². The number of hydrogen-bond acceptors (Lipinski definition) is 2. The summed E-state index contributed by atoms with van der Waals surface area (Å²) in [5.41, 5.74) is 4.08. The molecular weight excluding hydrogens is 326 g/mol. The van der Waals surface area contributed by atoms with Gasteiger partial charge in [-0.25, -0.2) is 0 Å². The number of nitrogens with one attached hydrogen (secondary N) is 1. The quantitative estimate of drug-likeness (QED) is 0.784. The van der Waals surface area contributed by atoms with Crippen molar-refractivity contribution in [2.24, 2.45) is 0 Å². The van der Waals surface area contributed by atoms with Crippen LogP contribution in [0.2, 0.25) is 0 Å². The molecule has 21 heavy (non-hydrogen) atoms. The van der Waals surface area contributed by atoms with E-state index in [9.17, 15) is 0 Å². The highest BCUT2D eigenvalue weighted by atomic mass is 79.9. The van der Waals surface area contributed by atoms with E-state index in [0.717, 1.165) is 22.5 Å². The van der Waals surface area contributed by atoms with Gasteiger partial charge in [0.25, 0.3) is 0 Å². The Kier molecular flexibility index (Phi) is 4.81. The lowest BCUT2D eigenvalue weighted by molar-refractivity contribution is 0.332. The molecule has 0 unspecified atom stereocenters. The maximum atomic E-state index is 5.85. The number of benzene rings is 2. The van der Waals surface area contributed by atoms with E-state index in [0.29, 0.717) is 6.61 Å². The maximum absolute atomic E-state index is 5.85. The van der Waals surface area contributed by atoms with E-state index in [2.05, 4.69) is 51.6 Å². The van der Waals surface area contributed by atoms with Crippen LogP contribution in [-0.2, 0) is 12.8 Å². The molecule has 2 aromatic rings. The van der Waals surface area contributed by atoms with Gasteiger partial charge in [-0.1, -0.05) is 28.1 Å². The highest BCUT2D eigenvalue weighted by Crippen LogP contribution is 2.25. The topological polar surface area (TPSA) is 21.3 Å². The molecule has 1 aliphatic carbocycles. The Morgan fingerprint density at radius 1 is 1.00 bits per heavy atom. The van der Waals surface area contributed by atoms with E-state index < -0.39 is 0 Å². The minimum Gasteiger partial charge on any atom is -0.492 e. The SMILES string of the molecule is Brc1cccc(NCCOc2ccc3c(c2)CCCC3)c1. The van der Waals surface area contributed by atoms with Gasteiger partial charge in [-0.2, -0.15) is 0 Å². The van der Waals surface area contributed by atoms with Gasteiger partial charge in [0, 0.05) is 16.7 Å². The summed E-state index contributed by atoms with van der Waals surface area (Å²) in [5.74, 6) is 0.992. The number of fused-ring (bicyclic) bond motifs is 1. The lowest BCUT2D eigenvalue weighted by atomic mass is 9.92. The molecule has 110 valence electrons. The van der Waals surface area contributed by atoms with Crippen molar-refractivity contribution >= 4 is 21.6 Å². The maximum Gasteiger partial charge on any atom is 0.119 e. The minimum atomic E-state index is 0.672. The van der Waals surface area contributed by atoms with Crippen molar-refractivity contribution in [1.29, 1.82) is 0 Å². The molecule has 1 N–H and O–H groups in total. The summed E-state index contributed by atoms with van der Waals surface area (Å²) in [5, 5.41) is 3.36. The van der Waals surface area contributed by atoms with Gasteiger partial charge in [-0.05, 0) is 67.1 Å². The normalized spacial score (nSPS) is 13.6. The zero-order valence-corrected chi connectivity index (χ0v) is 13.7. The Balaban J connectivity index is 1.49. The molecule has 0 spiro atoms. The zero-order valence-electron chi connectivity index (χ0n) is 12.1. The molecule has 2 nitrogen and oxygen atoms in total. The Morgan fingerprint density at radius 2 is 1.86 bits per heavy atom. The second-order valence-corrected chi connectivity index (χ2v) is 6.34. The Labute approximate surface area is 134 Å². The largest absolute Gasteiger partial charge is 0.492 e. The molecule has 3 rings (SSSR count). The van der Waals surface area contributed by atoms with Gasteiger partial charge < -0.3 is 10.1 Å². The number of aryl methyl sites for hydroxylation is 2. The van der Waals surface area contributed by atoms with Gasteiger partial charge in [0.2, 0.25) is 0 Å². The van der Waals surface area contributed by atoms with Crippen LogP contribution in [0.1, 0.15) is 24.0 Å². The first-order valence-corrected chi connectivity index (χ1v) is 8.34. The molecule has 0 heterocycles. The van der Waals surface area contributed by atoms with Gasteiger partial charge in [0.05, 0.1) is 0 Å². The number of halogens is 1. The van der Waals surface area contributed by atoms with E-state index >= 15 is 0 Å². The first kappa shape index (κ1) is 14.5. The number of hydrogen-bond donors (Lipinski definition) is 1. The molecule has 0 saturated carbocycles. The van der Waals surface area contributed by atoms with E-state index in [1.54, 1.807) is 0 Å². The lowest BCUT2D eigenvalue weighted by Crippen LogP contribution is -2.12.